The molecule has 1 aromatic rings. The number of benzene rings is 1. The van der Waals surface area contributed by atoms with E-state index in [1.54, 1.807) is 19.1 Å². The predicted octanol–water partition coefficient (Wildman–Crippen LogP) is 1.77. The number of nitro benzene ring substituents is 1. The Bertz CT molecular complexity index is 445. The number of hydrogen-bond donors (Lipinski definition) is 2. The highest BCUT2D eigenvalue weighted by Crippen LogP contribution is 2.23. The molecule has 6 heteroatoms. The van der Waals surface area contributed by atoms with Crippen LogP contribution in [0.25, 0.3) is 0 Å². The van der Waals surface area contributed by atoms with Crippen LogP contribution in [0.3, 0.4) is 0 Å². The average molecular weight is 238 g/mol. The molecule has 1 unspecified atom stereocenters. The van der Waals surface area contributed by atoms with E-state index in [0.29, 0.717) is 17.5 Å². The van der Waals surface area contributed by atoms with E-state index in [9.17, 15) is 14.9 Å². The van der Waals surface area contributed by atoms with Crippen molar-refractivity contribution >= 4 is 11.7 Å². The maximum Gasteiger partial charge on any atom is 0.303 e. The van der Waals surface area contributed by atoms with Gasteiger partial charge in [0.15, 0.2) is 0 Å². The van der Waals surface area contributed by atoms with Crippen LogP contribution in [0.15, 0.2) is 18.2 Å². The molecule has 0 heterocycles. The van der Waals surface area contributed by atoms with Gasteiger partial charge < -0.3 is 10.8 Å². The third-order valence-electron chi connectivity index (χ3n) is 2.51. The number of nitrogens with two attached hydrogens (primary N) is 1. The molecule has 0 saturated carbocycles. The first kappa shape index (κ1) is 13.1. The van der Waals surface area contributed by atoms with Crippen LogP contribution in [0.2, 0.25) is 0 Å². The van der Waals surface area contributed by atoms with Crippen LogP contribution < -0.4 is 5.73 Å². The zero-order valence-corrected chi connectivity index (χ0v) is 9.42. The van der Waals surface area contributed by atoms with Crippen molar-refractivity contribution in [3.05, 3.63) is 39.4 Å². The third kappa shape index (κ3) is 3.53. The summed E-state index contributed by atoms with van der Waals surface area (Å²) in [7, 11) is 0. The number of nitro groups is 1. The molecule has 0 aromatic heterocycles. The summed E-state index contributed by atoms with van der Waals surface area (Å²) >= 11 is 0. The lowest BCUT2D eigenvalue weighted by atomic mass is 10.0. The van der Waals surface area contributed by atoms with Gasteiger partial charge in [0.2, 0.25) is 0 Å². The van der Waals surface area contributed by atoms with E-state index in [1.807, 2.05) is 0 Å². The Balaban J connectivity index is 2.82. The Morgan fingerprint density at radius 1 is 1.59 bits per heavy atom. The number of carbonyl (C=O) groups is 1. The second-order valence-electron chi connectivity index (χ2n) is 3.84. The molecule has 0 aliphatic carbocycles. The quantitative estimate of drug-likeness (QED) is 0.600. The molecule has 0 bridgehead atoms. The van der Waals surface area contributed by atoms with Crippen molar-refractivity contribution in [3.8, 4) is 0 Å². The van der Waals surface area contributed by atoms with Crippen molar-refractivity contribution in [1.82, 2.24) is 0 Å². The minimum atomic E-state index is -0.904. The number of nitrogens with zero attached hydrogens (tertiary/aromatic N) is 1. The van der Waals surface area contributed by atoms with Gasteiger partial charge in [0, 0.05) is 24.1 Å². The minimum Gasteiger partial charge on any atom is -0.481 e. The van der Waals surface area contributed by atoms with Crippen LogP contribution in [0, 0.1) is 17.0 Å². The smallest absolute Gasteiger partial charge is 0.303 e. The molecule has 0 saturated heterocycles. The lowest BCUT2D eigenvalue weighted by molar-refractivity contribution is -0.385. The maximum absolute atomic E-state index is 10.6. The zero-order chi connectivity index (χ0) is 13.0. The van der Waals surface area contributed by atoms with Gasteiger partial charge in [-0.1, -0.05) is 6.07 Å². The highest BCUT2D eigenvalue weighted by molar-refractivity contribution is 5.66. The van der Waals surface area contributed by atoms with E-state index in [1.165, 1.54) is 6.07 Å². The molecule has 6 nitrogen and oxygen atoms in total. The number of hydrogen-bond acceptors (Lipinski definition) is 4. The molecule has 92 valence electrons. The van der Waals surface area contributed by atoms with Gasteiger partial charge in [-0.2, -0.15) is 0 Å². The van der Waals surface area contributed by atoms with Crippen LogP contribution in [-0.4, -0.2) is 16.0 Å². The number of rotatable bonds is 5. The van der Waals surface area contributed by atoms with E-state index < -0.39 is 16.9 Å². The number of carboxylic acids is 1. The Labute approximate surface area is 98.2 Å². The maximum atomic E-state index is 10.6. The summed E-state index contributed by atoms with van der Waals surface area (Å²) < 4.78 is 0. The van der Waals surface area contributed by atoms with Gasteiger partial charge in [0.05, 0.1) is 4.92 Å². The second-order valence-corrected chi connectivity index (χ2v) is 3.84. The molecule has 0 radical (unpaired) electrons. The molecule has 0 spiro atoms. The third-order valence-corrected chi connectivity index (χ3v) is 2.51. The van der Waals surface area contributed by atoms with Gasteiger partial charge >= 0.3 is 5.97 Å². The fourth-order valence-corrected chi connectivity index (χ4v) is 1.56. The van der Waals surface area contributed by atoms with Crippen LogP contribution >= 0.6 is 0 Å². The Morgan fingerprint density at radius 3 is 2.71 bits per heavy atom. The highest BCUT2D eigenvalue weighted by atomic mass is 16.6. The summed E-state index contributed by atoms with van der Waals surface area (Å²) in [5.74, 6) is -0.904. The summed E-state index contributed by atoms with van der Waals surface area (Å²) in [5.41, 5.74) is 7.09. The molecule has 17 heavy (non-hydrogen) atoms. The zero-order valence-electron chi connectivity index (χ0n) is 9.42. The SMILES string of the molecule is Cc1cc(C(N)CCC(=O)O)ccc1[N+](=O)[O-]. The summed E-state index contributed by atoms with van der Waals surface area (Å²) in [6.45, 7) is 1.63. The standard InChI is InChI=1S/C11H14N2O4/c1-7-6-8(2-4-10(7)13(16)17)9(12)3-5-11(14)15/h2,4,6,9H,3,5,12H2,1H3,(H,14,15). The Hall–Kier alpha value is -1.95. The molecular weight excluding hydrogens is 224 g/mol. The van der Waals surface area contributed by atoms with Crippen LogP contribution in [0.1, 0.15) is 30.0 Å². The fourth-order valence-electron chi connectivity index (χ4n) is 1.56. The van der Waals surface area contributed by atoms with Crippen molar-refractivity contribution in [1.29, 1.82) is 0 Å². The molecule has 1 rings (SSSR count). The lowest BCUT2D eigenvalue weighted by Gasteiger charge is -2.11. The first-order valence-electron chi connectivity index (χ1n) is 5.14. The van der Waals surface area contributed by atoms with Crippen molar-refractivity contribution in [3.63, 3.8) is 0 Å². The summed E-state index contributed by atoms with van der Waals surface area (Å²) in [5, 5.41) is 19.2. The molecule has 1 atom stereocenters. The van der Waals surface area contributed by atoms with Crippen LogP contribution in [-0.2, 0) is 4.79 Å². The van der Waals surface area contributed by atoms with E-state index in [-0.39, 0.29) is 12.1 Å². The van der Waals surface area contributed by atoms with Crippen molar-refractivity contribution in [2.75, 3.05) is 0 Å². The van der Waals surface area contributed by atoms with Gasteiger partial charge in [-0.15, -0.1) is 0 Å². The predicted molar refractivity (Wildman–Crippen MR) is 61.6 cm³/mol. The van der Waals surface area contributed by atoms with Crippen LogP contribution in [0.4, 0.5) is 5.69 Å². The van der Waals surface area contributed by atoms with E-state index >= 15 is 0 Å². The first-order chi connectivity index (χ1) is 7.91. The monoisotopic (exact) mass is 238 g/mol. The summed E-state index contributed by atoms with van der Waals surface area (Å²) in [4.78, 5) is 20.6. The Morgan fingerprint density at radius 2 is 2.24 bits per heavy atom. The van der Waals surface area contributed by atoms with Gasteiger partial charge in [0.25, 0.3) is 5.69 Å². The molecule has 0 aliphatic rings. The van der Waals surface area contributed by atoms with E-state index in [4.69, 9.17) is 10.8 Å². The molecule has 0 fully saturated rings. The molecule has 0 aliphatic heterocycles. The molecule has 0 amide bonds. The number of aryl methyl sites for hydroxylation is 1. The van der Waals surface area contributed by atoms with Crippen molar-refractivity contribution in [2.24, 2.45) is 5.73 Å². The minimum absolute atomic E-state index is 0.0167. The second kappa shape index (κ2) is 5.40. The van der Waals surface area contributed by atoms with Gasteiger partial charge in [-0.05, 0) is 25.0 Å². The first-order valence-corrected chi connectivity index (χ1v) is 5.14. The number of aliphatic carboxylic acids is 1. The van der Waals surface area contributed by atoms with Gasteiger partial charge in [0.1, 0.15) is 0 Å². The van der Waals surface area contributed by atoms with E-state index in [2.05, 4.69) is 0 Å². The van der Waals surface area contributed by atoms with Crippen LogP contribution in [0.5, 0.6) is 0 Å². The fraction of sp³-hybridized carbons (Fsp3) is 0.364. The van der Waals surface area contributed by atoms with Gasteiger partial charge in [-0.25, -0.2) is 0 Å². The summed E-state index contributed by atoms with van der Waals surface area (Å²) in [6, 6.07) is 4.18. The highest BCUT2D eigenvalue weighted by Gasteiger charge is 2.14. The van der Waals surface area contributed by atoms with Gasteiger partial charge in [-0.3, -0.25) is 14.9 Å². The number of carboxylic acid groups (broad SMARTS) is 1. The topological polar surface area (TPSA) is 106 Å². The summed E-state index contributed by atoms with van der Waals surface area (Å²) in [6.07, 6.45) is 0.295. The lowest BCUT2D eigenvalue weighted by Crippen LogP contribution is -2.12. The molecule has 1 aromatic carbocycles. The largest absolute Gasteiger partial charge is 0.481 e. The molecular formula is C11H14N2O4. The Kier molecular flexibility index (Phi) is 4.17. The van der Waals surface area contributed by atoms with Crippen molar-refractivity contribution < 1.29 is 14.8 Å². The average Bonchev–Trinajstić information content (AvgIpc) is 2.25. The molecule has 3 N–H and O–H groups in total. The normalized spacial score (nSPS) is 12.1. The van der Waals surface area contributed by atoms with Crippen molar-refractivity contribution in [2.45, 2.75) is 25.8 Å². The van der Waals surface area contributed by atoms with E-state index in [0.717, 1.165) is 0 Å².